The normalized spacial score (nSPS) is 26.7. The van der Waals surface area contributed by atoms with Crippen LogP contribution in [0.25, 0.3) is 0 Å². The predicted molar refractivity (Wildman–Crippen MR) is 59.1 cm³/mol. The highest BCUT2D eigenvalue weighted by Crippen LogP contribution is 2.25. The smallest absolute Gasteiger partial charge is 0.306 e. The number of aliphatic carboxylic acids is 1. The first kappa shape index (κ1) is 13.4. The lowest BCUT2D eigenvalue weighted by molar-refractivity contribution is -0.143. The lowest BCUT2D eigenvalue weighted by Gasteiger charge is -2.35. The third-order valence-electron chi connectivity index (χ3n) is 3.27. The molecule has 94 valence electrons. The molecule has 2 unspecified atom stereocenters. The summed E-state index contributed by atoms with van der Waals surface area (Å²) in [6.45, 7) is 1.42. The van der Waals surface area contributed by atoms with E-state index in [2.05, 4.69) is 5.32 Å². The number of aliphatic hydroxyl groups is 2. The first-order valence-corrected chi connectivity index (χ1v) is 5.73. The Labute approximate surface area is 95.5 Å². The molecule has 0 aromatic rings. The number of hydrogen-bond acceptors (Lipinski definition) is 4. The number of hydrogen-bond donors (Lipinski definition) is 4. The first-order valence-electron chi connectivity index (χ1n) is 5.73. The van der Waals surface area contributed by atoms with Gasteiger partial charge < -0.3 is 20.6 Å². The van der Waals surface area contributed by atoms with E-state index >= 15 is 0 Å². The summed E-state index contributed by atoms with van der Waals surface area (Å²) in [6.07, 6.45) is 3.08. The summed E-state index contributed by atoms with van der Waals surface area (Å²) >= 11 is 0. The van der Waals surface area contributed by atoms with Crippen LogP contribution in [0.5, 0.6) is 0 Å². The largest absolute Gasteiger partial charge is 0.481 e. The molecular formula is C11H21NO4. The molecule has 0 bridgehead atoms. The maximum Gasteiger partial charge on any atom is 0.306 e. The SMILES string of the molecule is CC(CO)(CO)NC1CCCC(C(=O)O)C1. The van der Waals surface area contributed by atoms with Gasteiger partial charge in [-0.3, -0.25) is 4.79 Å². The Morgan fingerprint density at radius 3 is 2.50 bits per heavy atom. The van der Waals surface area contributed by atoms with Crippen molar-refractivity contribution in [2.75, 3.05) is 13.2 Å². The van der Waals surface area contributed by atoms with Crippen LogP contribution >= 0.6 is 0 Å². The molecule has 1 saturated carbocycles. The van der Waals surface area contributed by atoms with Gasteiger partial charge in [0.1, 0.15) is 0 Å². The van der Waals surface area contributed by atoms with Crippen LogP contribution in [0, 0.1) is 5.92 Å². The molecule has 1 aliphatic rings. The van der Waals surface area contributed by atoms with Crippen LogP contribution in [-0.4, -0.2) is 46.1 Å². The molecule has 5 nitrogen and oxygen atoms in total. The van der Waals surface area contributed by atoms with Crippen LogP contribution in [0.1, 0.15) is 32.6 Å². The Kier molecular flexibility index (Phi) is 4.70. The van der Waals surface area contributed by atoms with Gasteiger partial charge >= 0.3 is 5.97 Å². The predicted octanol–water partition coefficient (Wildman–Crippen LogP) is -0.0373. The van der Waals surface area contributed by atoms with Crippen molar-refractivity contribution in [2.24, 2.45) is 5.92 Å². The molecule has 0 saturated heterocycles. The zero-order chi connectivity index (χ0) is 12.2. The molecule has 0 aromatic carbocycles. The van der Waals surface area contributed by atoms with Crippen LogP contribution < -0.4 is 5.32 Å². The van der Waals surface area contributed by atoms with Crippen molar-refractivity contribution < 1.29 is 20.1 Å². The second-order valence-electron chi connectivity index (χ2n) is 4.92. The standard InChI is InChI=1S/C11H21NO4/c1-11(6-13,7-14)12-9-4-2-3-8(5-9)10(15)16/h8-9,12-14H,2-7H2,1H3,(H,15,16). The summed E-state index contributed by atoms with van der Waals surface area (Å²) in [7, 11) is 0. The van der Waals surface area contributed by atoms with Gasteiger partial charge in [-0.2, -0.15) is 0 Å². The molecule has 0 amide bonds. The molecule has 0 radical (unpaired) electrons. The average Bonchev–Trinajstić information content (AvgIpc) is 2.29. The number of carbonyl (C=O) groups is 1. The van der Waals surface area contributed by atoms with Crippen LogP contribution in [0.2, 0.25) is 0 Å². The highest BCUT2D eigenvalue weighted by Gasteiger charge is 2.31. The van der Waals surface area contributed by atoms with Crippen molar-refractivity contribution in [3.63, 3.8) is 0 Å². The quantitative estimate of drug-likeness (QED) is 0.533. The molecule has 1 fully saturated rings. The Hall–Kier alpha value is -0.650. The van der Waals surface area contributed by atoms with E-state index in [1.54, 1.807) is 6.92 Å². The number of nitrogens with one attached hydrogen (secondary N) is 1. The summed E-state index contributed by atoms with van der Waals surface area (Å²) in [4.78, 5) is 10.9. The van der Waals surface area contributed by atoms with Crippen molar-refractivity contribution in [3.05, 3.63) is 0 Å². The summed E-state index contributed by atoms with van der Waals surface area (Å²) in [5.74, 6) is -1.05. The molecule has 4 N–H and O–H groups in total. The van der Waals surface area contributed by atoms with Gasteiger partial charge in [0, 0.05) is 6.04 Å². The molecule has 16 heavy (non-hydrogen) atoms. The van der Waals surface area contributed by atoms with Gasteiger partial charge in [-0.05, 0) is 26.2 Å². The maximum atomic E-state index is 10.9. The zero-order valence-electron chi connectivity index (χ0n) is 9.65. The topological polar surface area (TPSA) is 89.8 Å². The lowest BCUT2D eigenvalue weighted by Crippen LogP contribution is -2.54. The van der Waals surface area contributed by atoms with E-state index in [-0.39, 0.29) is 25.2 Å². The first-order chi connectivity index (χ1) is 7.50. The zero-order valence-corrected chi connectivity index (χ0v) is 9.65. The fraction of sp³-hybridized carbons (Fsp3) is 0.909. The fourth-order valence-corrected chi connectivity index (χ4v) is 2.18. The Morgan fingerprint density at radius 2 is 2.00 bits per heavy atom. The molecule has 0 aromatic heterocycles. The molecule has 2 atom stereocenters. The van der Waals surface area contributed by atoms with Gasteiger partial charge in [-0.15, -0.1) is 0 Å². The lowest BCUT2D eigenvalue weighted by atomic mass is 9.84. The molecule has 1 aliphatic carbocycles. The van der Waals surface area contributed by atoms with Gasteiger partial charge in [-0.1, -0.05) is 6.42 Å². The van der Waals surface area contributed by atoms with Crippen LogP contribution in [-0.2, 0) is 4.79 Å². The van der Waals surface area contributed by atoms with Crippen LogP contribution in [0.15, 0.2) is 0 Å². The molecular weight excluding hydrogens is 210 g/mol. The Morgan fingerprint density at radius 1 is 1.38 bits per heavy atom. The van der Waals surface area contributed by atoms with Crippen molar-refractivity contribution in [2.45, 2.75) is 44.2 Å². The van der Waals surface area contributed by atoms with E-state index in [4.69, 9.17) is 15.3 Å². The number of carboxylic acid groups (broad SMARTS) is 1. The number of aliphatic hydroxyl groups excluding tert-OH is 2. The highest BCUT2D eigenvalue weighted by atomic mass is 16.4. The van der Waals surface area contributed by atoms with E-state index in [1.807, 2.05) is 0 Å². The molecule has 0 aliphatic heterocycles. The summed E-state index contributed by atoms with van der Waals surface area (Å²) < 4.78 is 0. The highest BCUT2D eigenvalue weighted by molar-refractivity contribution is 5.70. The van der Waals surface area contributed by atoms with E-state index in [9.17, 15) is 4.79 Å². The number of carboxylic acids is 1. The second-order valence-corrected chi connectivity index (χ2v) is 4.92. The maximum absolute atomic E-state index is 10.9. The molecule has 0 heterocycles. The van der Waals surface area contributed by atoms with Crippen LogP contribution in [0.4, 0.5) is 0 Å². The molecule has 0 spiro atoms. The van der Waals surface area contributed by atoms with E-state index in [1.165, 1.54) is 0 Å². The van der Waals surface area contributed by atoms with Gasteiger partial charge in [0.25, 0.3) is 0 Å². The third kappa shape index (κ3) is 3.43. The molecule has 5 heteroatoms. The third-order valence-corrected chi connectivity index (χ3v) is 3.27. The van der Waals surface area contributed by atoms with E-state index in [0.717, 1.165) is 19.3 Å². The summed E-state index contributed by atoms with van der Waals surface area (Å²) in [5.41, 5.74) is -0.717. The monoisotopic (exact) mass is 231 g/mol. The minimum Gasteiger partial charge on any atom is -0.481 e. The van der Waals surface area contributed by atoms with Gasteiger partial charge in [0.15, 0.2) is 0 Å². The second kappa shape index (κ2) is 5.61. The summed E-state index contributed by atoms with van der Waals surface area (Å²) in [6, 6.07) is 0.0687. The van der Waals surface area contributed by atoms with Gasteiger partial charge in [0.2, 0.25) is 0 Å². The fourth-order valence-electron chi connectivity index (χ4n) is 2.18. The summed E-state index contributed by atoms with van der Waals surface area (Å²) in [5, 5.41) is 30.4. The van der Waals surface area contributed by atoms with Crippen molar-refractivity contribution in [1.82, 2.24) is 5.32 Å². The van der Waals surface area contributed by atoms with Crippen molar-refractivity contribution >= 4 is 5.97 Å². The van der Waals surface area contributed by atoms with E-state index in [0.29, 0.717) is 6.42 Å². The Bertz CT molecular complexity index is 240. The van der Waals surface area contributed by atoms with Crippen molar-refractivity contribution in [1.29, 1.82) is 0 Å². The molecule has 1 rings (SSSR count). The minimum atomic E-state index is -0.749. The minimum absolute atomic E-state index is 0.0687. The van der Waals surface area contributed by atoms with Crippen LogP contribution in [0.3, 0.4) is 0 Å². The van der Waals surface area contributed by atoms with E-state index < -0.39 is 11.5 Å². The Balaban J connectivity index is 2.51. The van der Waals surface area contributed by atoms with Crippen molar-refractivity contribution in [3.8, 4) is 0 Å². The van der Waals surface area contributed by atoms with Gasteiger partial charge in [-0.25, -0.2) is 0 Å². The number of rotatable bonds is 5. The van der Waals surface area contributed by atoms with Gasteiger partial charge in [0.05, 0.1) is 24.7 Å². The average molecular weight is 231 g/mol.